The Hall–Kier alpha value is -2.84. The van der Waals surface area contributed by atoms with Crippen molar-refractivity contribution in [3.63, 3.8) is 0 Å². The molecule has 0 aromatic carbocycles. The molecule has 4 heterocycles. The topological polar surface area (TPSA) is 80.9 Å². The molecular formula is C20H18N4O2S2. The highest BCUT2D eigenvalue weighted by Crippen LogP contribution is 2.26. The van der Waals surface area contributed by atoms with Gasteiger partial charge in [-0.3, -0.25) is 9.78 Å². The number of carbonyl (C=O) groups excluding carboxylic acids is 1. The normalized spacial score (nSPS) is 10.9. The first-order valence-electron chi connectivity index (χ1n) is 8.85. The van der Waals surface area contributed by atoms with Gasteiger partial charge in [-0.05, 0) is 36.9 Å². The molecular weight excluding hydrogens is 392 g/mol. The van der Waals surface area contributed by atoms with Crippen molar-refractivity contribution in [2.24, 2.45) is 0 Å². The molecule has 1 N–H and O–H groups in total. The van der Waals surface area contributed by atoms with Gasteiger partial charge >= 0.3 is 0 Å². The molecule has 0 atom stereocenters. The summed E-state index contributed by atoms with van der Waals surface area (Å²) in [6.45, 7) is 2.32. The number of hydrogen-bond donors (Lipinski definition) is 1. The number of thiophene rings is 1. The van der Waals surface area contributed by atoms with Gasteiger partial charge in [0, 0.05) is 36.3 Å². The molecule has 6 nitrogen and oxygen atoms in total. The van der Waals surface area contributed by atoms with Gasteiger partial charge in [0.25, 0.3) is 5.91 Å². The van der Waals surface area contributed by atoms with Crippen molar-refractivity contribution in [3.05, 3.63) is 63.9 Å². The van der Waals surface area contributed by atoms with Crippen LogP contribution in [0.25, 0.3) is 22.0 Å². The largest absolute Gasteiger partial charge is 0.440 e. The second-order valence-electron chi connectivity index (χ2n) is 6.12. The molecule has 0 aliphatic heterocycles. The third-order valence-electron chi connectivity index (χ3n) is 4.12. The van der Waals surface area contributed by atoms with Crippen LogP contribution in [0.4, 0.5) is 0 Å². The molecule has 0 unspecified atom stereocenters. The van der Waals surface area contributed by atoms with E-state index >= 15 is 0 Å². The lowest BCUT2D eigenvalue weighted by Gasteiger charge is -2.02. The molecule has 0 spiro atoms. The lowest BCUT2D eigenvalue weighted by molar-refractivity contribution is 0.0947. The highest BCUT2D eigenvalue weighted by atomic mass is 32.1. The zero-order chi connectivity index (χ0) is 19.3. The predicted molar refractivity (Wildman–Crippen MR) is 111 cm³/mol. The van der Waals surface area contributed by atoms with Gasteiger partial charge in [0.2, 0.25) is 5.89 Å². The SMILES string of the molecule is Cc1oc(-c2cccs2)nc1C(=O)NCCCc1nc(-c2ccncc2)cs1. The fourth-order valence-corrected chi connectivity index (χ4v) is 4.22. The van der Waals surface area contributed by atoms with Crippen molar-refractivity contribution in [1.29, 1.82) is 0 Å². The summed E-state index contributed by atoms with van der Waals surface area (Å²) in [5, 5.41) is 7.97. The average Bonchev–Trinajstić information content (AvgIpc) is 3.46. The van der Waals surface area contributed by atoms with Crippen LogP contribution < -0.4 is 5.32 Å². The van der Waals surface area contributed by atoms with Crippen LogP contribution in [0.2, 0.25) is 0 Å². The number of nitrogens with one attached hydrogen (secondary N) is 1. The average molecular weight is 411 g/mol. The summed E-state index contributed by atoms with van der Waals surface area (Å²) in [5.41, 5.74) is 2.37. The standard InChI is InChI=1S/C20H18N4O2S2/c1-13-18(24-20(26-13)16-4-3-11-27-16)19(25)22-8-2-5-17-23-15(12-28-17)14-6-9-21-10-7-14/h3-4,6-7,9-12H,2,5,8H2,1H3,(H,22,25). The van der Waals surface area contributed by atoms with E-state index in [-0.39, 0.29) is 5.91 Å². The molecule has 28 heavy (non-hydrogen) atoms. The Morgan fingerprint density at radius 3 is 2.82 bits per heavy atom. The summed E-state index contributed by atoms with van der Waals surface area (Å²) in [6.07, 6.45) is 5.15. The zero-order valence-electron chi connectivity index (χ0n) is 15.2. The van der Waals surface area contributed by atoms with Crippen LogP contribution in [0, 0.1) is 6.92 Å². The Kier molecular flexibility index (Phi) is 5.59. The van der Waals surface area contributed by atoms with Crippen LogP contribution >= 0.6 is 22.7 Å². The van der Waals surface area contributed by atoms with E-state index in [1.807, 2.05) is 35.0 Å². The molecule has 0 bridgehead atoms. The van der Waals surface area contributed by atoms with Gasteiger partial charge in [-0.2, -0.15) is 0 Å². The summed E-state index contributed by atoms with van der Waals surface area (Å²) in [5.74, 6) is 0.813. The number of amides is 1. The van der Waals surface area contributed by atoms with E-state index in [2.05, 4.69) is 20.3 Å². The molecule has 0 fully saturated rings. The van der Waals surface area contributed by atoms with Crippen molar-refractivity contribution < 1.29 is 9.21 Å². The van der Waals surface area contributed by atoms with E-state index in [9.17, 15) is 4.79 Å². The van der Waals surface area contributed by atoms with E-state index in [4.69, 9.17) is 4.42 Å². The number of oxazole rings is 1. The van der Waals surface area contributed by atoms with Crippen LogP contribution in [0.5, 0.6) is 0 Å². The monoisotopic (exact) mass is 410 g/mol. The van der Waals surface area contributed by atoms with Gasteiger partial charge in [-0.25, -0.2) is 9.97 Å². The van der Waals surface area contributed by atoms with Crippen molar-refractivity contribution in [3.8, 4) is 22.0 Å². The van der Waals surface area contributed by atoms with Gasteiger partial charge in [0.15, 0.2) is 5.69 Å². The van der Waals surface area contributed by atoms with Crippen LogP contribution in [0.3, 0.4) is 0 Å². The fourth-order valence-electron chi connectivity index (χ4n) is 2.72. The molecule has 0 saturated heterocycles. The van der Waals surface area contributed by atoms with E-state index < -0.39 is 0 Å². The summed E-state index contributed by atoms with van der Waals surface area (Å²) >= 11 is 3.17. The maximum absolute atomic E-state index is 12.4. The van der Waals surface area contributed by atoms with Gasteiger partial charge < -0.3 is 9.73 Å². The summed E-state index contributed by atoms with van der Waals surface area (Å²) in [7, 11) is 0. The van der Waals surface area contributed by atoms with E-state index in [0.29, 0.717) is 23.9 Å². The Labute approximate surface area is 170 Å². The molecule has 0 aliphatic rings. The molecule has 4 rings (SSSR count). The van der Waals surface area contributed by atoms with Crippen molar-refractivity contribution in [2.45, 2.75) is 19.8 Å². The van der Waals surface area contributed by atoms with Gasteiger partial charge in [-0.1, -0.05) is 6.07 Å². The highest BCUT2D eigenvalue weighted by Gasteiger charge is 2.18. The smallest absolute Gasteiger partial charge is 0.273 e. The lowest BCUT2D eigenvalue weighted by Crippen LogP contribution is -2.25. The number of nitrogens with zero attached hydrogens (tertiary/aromatic N) is 3. The van der Waals surface area contributed by atoms with Crippen LogP contribution in [-0.4, -0.2) is 27.4 Å². The number of pyridine rings is 1. The van der Waals surface area contributed by atoms with Gasteiger partial charge in [-0.15, -0.1) is 22.7 Å². The summed E-state index contributed by atoms with van der Waals surface area (Å²) < 4.78 is 5.63. The molecule has 142 valence electrons. The first-order chi connectivity index (χ1) is 13.7. The van der Waals surface area contributed by atoms with E-state index in [0.717, 1.165) is 34.0 Å². The third-order valence-corrected chi connectivity index (χ3v) is 5.89. The number of aryl methyl sites for hydroxylation is 2. The van der Waals surface area contributed by atoms with E-state index in [1.54, 1.807) is 30.7 Å². The fraction of sp³-hybridized carbons (Fsp3) is 0.200. The number of thiazole rings is 1. The van der Waals surface area contributed by atoms with E-state index in [1.165, 1.54) is 11.3 Å². The maximum Gasteiger partial charge on any atom is 0.273 e. The quantitative estimate of drug-likeness (QED) is 0.451. The minimum atomic E-state index is -0.208. The third kappa shape index (κ3) is 4.18. The van der Waals surface area contributed by atoms with Crippen LogP contribution in [0.15, 0.2) is 51.8 Å². The number of aromatic nitrogens is 3. The highest BCUT2D eigenvalue weighted by molar-refractivity contribution is 7.13. The Bertz CT molecular complexity index is 1060. The van der Waals surface area contributed by atoms with Crippen LogP contribution in [0.1, 0.15) is 27.7 Å². The zero-order valence-corrected chi connectivity index (χ0v) is 16.8. The first kappa shape index (κ1) is 18.5. The summed E-state index contributed by atoms with van der Waals surface area (Å²) in [4.78, 5) is 26.3. The number of carbonyl (C=O) groups is 1. The molecule has 4 aromatic rings. The number of rotatable bonds is 7. The molecule has 0 saturated carbocycles. The predicted octanol–water partition coefficient (Wildman–Crippen LogP) is 4.59. The Morgan fingerprint density at radius 2 is 2.04 bits per heavy atom. The summed E-state index contributed by atoms with van der Waals surface area (Å²) in [6, 6.07) is 7.75. The van der Waals surface area contributed by atoms with Crippen molar-refractivity contribution in [2.75, 3.05) is 6.54 Å². The molecule has 8 heteroatoms. The second-order valence-corrected chi connectivity index (χ2v) is 8.01. The van der Waals surface area contributed by atoms with Gasteiger partial charge in [0.1, 0.15) is 5.76 Å². The molecule has 1 amide bonds. The first-order valence-corrected chi connectivity index (χ1v) is 10.6. The van der Waals surface area contributed by atoms with Crippen molar-refractivity contribution in [1.82, 2.24) is 20.3 Å². The van der Waals surface area contributed by atoms with Crippen molar-refractivity contribution >= 4 is 28.6 Å². The minimum absolute atomic E-state index is 0.208. The molecule has 0 aliphatic carbocycles. The Morgan fingerprint density at radius 1 is 1.18 bits per heavy atom. The molecule has 4 aromatic heterocycles. The van der Waals surface area contributed by atoms with Crippen LogP contribution in [-0.2, 0) is 6.42 Å². The maximum atomic E-state index is 12.4. The molecule has 0 radical (unpaired) electrons. The Balaban J connectivity index is 1.29. The lowest BCUT2D eigenvalue weighted by atomic mass is 10.2. The number of hydrogen-bond acceptors (Lipinski definition) is 7. The van der Waals surface area contributed by atoms with Gasteiger partial charge in [0.05, 0.1) is 15.6 Å². The second kappa shape index (κ2) is 8.45. The minimum Gasteiger partial charge on any atom is -0.440 e.